The highest BCUT2D eigenvalue weighted by atomic mass is 16.5. The fraction of sp³-hybridized carbons (Fsp3) is 0.200. The van der Waals surface area contributed by atoms with Gasteiger partial charge in [-0.1, -0.05) is 36.4 Å². The van der Waals surface area contributed by atoms with Crippen LogP contribution in [0, 0.1) is 6.92 Å². The molecular formula is C15H15NO. The summed E-state index contributed by atoms with van der Waals surface area (Å²) < 4.78 is 5.77. The van der Waals surface area contributed by atoms with Gasteiger partial charge in [-0.05, 0) is 24.6 Å². The molecule has 1 heterocycles. The Morgan fingerprint density at radius 3 is 2.65 bits per heavy atom. The molecule has 2 heteroatoms. The largest absolute Gasteiger partial charge is 0.473 e. The minimum absolute atomic E-state index is 0.627. The molecule has 0 N–H and O–H groups in total. The molecule has 0 amide bonds. The maximum Gasteiger partial charge on any atom is 0.161 e. The minimum atomic E-state index is 0.627. The Hall–Kier alpha value is -1.96. The van der Waals surface area contributed by atoms with Crippen molar-refractivity contribution >= 4 is 5.69 Å². The van der Waals surface area contributed by atoms with E-state index in [0.717, 1.165) is 12.3 Å². The molecule has 2 aromatic carbocycles. The number of fused-ring (bicyclic) bond motifs is 1. The van der Waals surface area contributed by atoms with E-state index in [0.29, 0.717) is 6.73 Å². The number of ether oxygens (including phenoxy) is 1. The predicted molar refractivity (Wildman–Crippen MR) is 69.3 cm³/mol. The van der Waals surface area contributed by atoms with Gasteiger partial charge < -0.3 is 9.64 Å². The SMILES string of the molecule is Cc1ccccc1N1COc2ccccc2C1. The second kappa shape index (κ2) is 4.13. The van der Waals surface area contributed by atoms with Crippen LogP contribution >= 0.6 is 0 Å². The van der Waals surface area contributed by atoms with Crippen LogP contribution in [0.1, 0.15) is 11.1 Å². The van der Waals surface area contributed by atoms with Crippen molar-refractivity contribution in [2.45, 2.75) is 13.5 Å². The van der Waals surface area contributed by atoms with E-state index >= 15 is 0 Å². The zero-order valence-corrected chi connectivity index (χ0v) is 9.89. The molecule has 0 saturated heterocycles. The van der Waals surface area contributed by atoms with Gasteiger partial charge in [0, 0.05) is 17.8 Å². The van der Waals surface area contributed by atoms with Gasteiger partial charge in [0.15, 0.2) is 6.73 Å². The van der Waals surface area contributed by atoms with Crippen molar-refractivity contribution in [2.75, 3.05) is 11.6 Å². The number of rotatable bonds is 1. The van der Waals surface area contributed by atoms with Crippen LogP contribution in [0.2, 0.25) is 0 Å². The lowest BCUT2D eigenvalue weighted by Gasteiger charge is -2.31. The summed E-state index contributed by atoms with van der Waals surface area (Å²) >= 11 is 0. The van der Waals surface area contributed by atoms with Crippen molar-refractivity contribution in [2.24, 2.45) is 0 Å². The molecule has 0 bridgehead atoms. The van der Waals surface area contributed by atoms with E-state index in [9.17, 15) is 0 Å². The molecule has 0 aromatic heterocycles. The van der Waals surface area contributed by atoms with E-state index in [-0.39, 0.29) is 0 Å². The summed E-state index contributed by atoms with van der Waals surface area (Å²) in [5, 5.41) is 0. The Balaban J connectivity index is 1.92. The summed E-state index contributed by atoms with van der Waals surface area (Å²) in [6.07, 6.45) is 0. The van der Waals surface area contributed by atoms with Crippen LogP contribution in [-0.4, -0.2) is 6.73 Å². The van der Waals surface area contributed by atoms with Gasteiger partial charge in [-0.15, -0.1) is 0 Å². The zero-order chi connectivity index (χ0) is 11.7. The zero-order valence-electron chi connectivity index (χ0n) is 9.89. The Labute approximate surface area is 101 Å². The van der Waals surface area contributed by atoms with Crippen LogP contribution in [-0.2, 0) is 6.54 Å². The molecule has 0 fully saturated rings. The number of benzene rings is 2. The maximum absolute atomic E-state index is 5.77. The molecule has 0 saturated carbocycles. The van der Waals surface area contributed by atoms with E-state index in [2.05, 4.69) is 48.2 Å². The molecule has 0 spiro atoms. The molecule has 0 unspecified atom stereocenters. The highest BCUT2D eigenvalue weighted by Gasteiger charge is 2.17. The summed E-state index contributed by atoms with van der Waals surface area (Å²) in [4.78, 5) is 2.26. The molecule has 0 aliphatic carbocycles. The Bertz CT molecular complexity index is 536. The normalized spacial score (nSPS) is 14.1. The van der Waals surface area contributed by atoms with Crippen molar-refractivity contribution in [1.82, 2.24) is 0 Å². The molecule has 1 aliphatic heterocycles. The first-order valence-electron chi connectivity index (χ1n) is 5.86. The molecular weight excluding hydrogens is 210 g/mol. The van der Waals surface area contributed by atoms with Gasteiger partial charge in [0.25, 0.3) is 0 Å². The highest BCUT2D eigenvalue weighted by Crippen LogP contribution is 2.29. The third-order valence-corrected chi connectivity index (χ3v) is 3.17. The molecule has 3 rings (SSSR count). The van der Waals surface area contributed by atoms with E-state index in [1.54, 1.807) is 0 Å². The predicted octanol–water partition coefficient (Wildman–Crippen LogP) is 3.35. The van der Waals surface area contributed by atoms with Crippen molar-refractivity contribution in [1.29, 1.82) is 0 Å². The van der Waals surface area contributed by atoms with Crippen molar-refractivity contribution in [3.05, 3.63) is 59.7 Å². The van der Waals surface area contributed by atoms with Gasteiger partial charge in [-0.25, -0.2) is 0 Å². The molecule has 0 radical (unpaired) electrons. The first-order valence-corrected chi connectivity index (χ1v) is 5.86. The smallest absolute Gasteiger partial charge is 0.161 e. The summed E-state index contributed by atoms with van der Waals surface area (Å²) in [6, 6.07) is 16.7. The third kappa shape index (κ3) is 1.86. The standard InChI is InChI=1S/C15H15NO/c1-12-6-2-4-8-14(12)16-10-13-7-3-5-9-15(13)17-11-16/h2-9H,10-11H2,1H3. The summed E-state index contributed by atoms with van der Waals surface area (Å²) in [7, 11) is 0. The average molecular weight is 225 g/mol. The number of aryl methyl sites for hydroxylation is 1. The van der Waals surface area contributed by atoms with Crippen molar-refractivity contribution in [3.8, 4) is 5.75 Å². The Morgan fingerprint density at radius 1 is 1.00 bits per heavy atom. The van der Waals surface area contributed by atoms with Gasteiger partial charge in [0.2, 0.25) is 0 Å². The van der Waals surface area contributed by atoms with Crippen molar-refractivity contribution in [3.63, 3.8) is 0 Å². The number of nitrogens with zero attached hydrogens (tertiary/aromatic N) is 1. The molecule has 1 aliphatic rings. The van der Waals surface area contributed by atoms with Crippen LogP contribution < -0.4 is 9.64 Å². The number of hydrogen-bond donors (Lipinski definition) is 0. The van der Waals surface area contributed by atoms with Crippen LogP contribution in [0.15, 0.2) is 48.5 Å². The van der Waals surface area contributed by atoms with Gasteiger partial charge >= 0.3 is 0 Å². The van der Waals surface area contributed by atoms with E-state index in [1.165, 1.54) is 16.8 Å². The van der Waals surface area contributed by atoms with E-state index in [1.807, 2.05) is 12.1 Å². The maximum atomic E-state index is 5.77. The summed E-state index contributed by atoms with van der Waals surface area (Å²) in [5.41, 5.74) is 3.79. The van der Waals surface area contributed by atoms with Gasteiger partial charge in [0.1, 0.15) is 5.75 Å². The lowest BCUT2D eigenvalue weighted by Crippen LogP contribution is -2.32. The molecule has 2 aromatic rings. The van der Waals surface area contributed by atoms with Gasteiger partial charge in [-0.3, -0.25) is 0 Å². The number of hydrogen-bond acceptors (Lipinski definition) is 2. The topological polar surface area (TPSA) is 12.5 Å². The lowest BCUT2D eigenvalue weighted by molar-refractivity contribution is 0.289. The fourth-order valence-electron chi connectivity index (χ4n) is 2.25. The molecule has 0 atom stereocenters. The molecule has 2 nitrogen and oxygen atoms in total. The summed E-state index contributed by atoms with van der Waals surface area (Å²) in [6.45, 7) is 3.68. The van der Waals surface area contributed by atoms with E-state index < -0.39 is 0 Å². The third-order valence-electron chi connectivity index (χ3n) is 3.17. The van der Waals surface area contributed by atoms with Crippen LogP contribution in [0.4, 0.5) is 5.69 Å². The summed E-state index contributed by atoms with van der Waals surface area (Å²) in [5.74, 6) is 1.01. The highest BCUT2D eigenvalue weighted by molar-refractivity contribution is 5.54. The van der Waals surface area contributed by atoms with Gasteiger partial charge in [-0.2, -0.15) is 0 Å². The minimum Gasteiger partial charge on any atom is -0.473 e. The number of anilines is 1. The van der Waals surface area contributed by atoms with E-state index in [4.69, 9.17) is 4.74 Å². The monoisotopic (exact) mass is 225 g/mol. The van der Waals surface area contributed by atoms with Crippen molar-refractivity contribution < 1.29 is 4.74 Å². The second-order valence-electron chi connectivity index (χ2n) is 4.37. The van der Waals surface area contributed by atoms with Crippen LogP contribution in [0.3, 0.4) is 0 Å². The first kappa shape index (κ1) is 10.2. The van der Waals surface area contributed by atoms with Gasteiger partial charge in [0.05, 0.1) is 0 Å². The van der Waals surface area contributed by atoms with Crippen LogP contribution in [0.5, 0.6) is 5.75 Å². The molecule has 17 heavy (non-hydrogen) atoms. The molecule has 86 valence electrons. The van der Waals surface area contributed by atoms with Crippen LogP contribution in [0.25, 0.3) is 0 Å². The number of para-hydroxylation sites is 2. The Kier molecular flexibility index (Phi) is 2.48. The quantitative estimate of drug-likeness (QED) is 0.738. The lowest BCUT2D eigenvalue weighted by atomic mass is 10.1. The Morgan fingerprint density at radius 2 is 1.76 bits per heavy atom. The fourth-order valence-corrected chi connectivity index (χ4v) is 2.25. The average Bonchev–Trinajstić information content (AvgIpc) is 2.39. The second-order valence-corrected chi connectivity index (χ2v) is 4.37. The first-order chi connectivity index (χ1) is 8.34.